The summed E-state index contributed by atoms with van der Waals surface area (Å²) in [5.41, 5.74) is -2.39. The van der Waals surface area contributed by atoms with Gasteiger partial charge in [0.2, 0.25) is 0 Å². The molecule has 0 aromatic carbocycles. The normalized spacial score (nSPS) is 20.9. The van der Waals surface area contributed by atoms with Crippen molar-refractivity contribution in [1.82, 2.24) is 14.7 Å². The van der Waals surface area contributed by atoms with Crippen molar-refractivity contribution in [2.24, 2.45) is 12.5 Å². The fourth-order valence-corrected chi connectivity index (χ4v) is 3.64. The Morgan fingerprint density at radius 2 is 2.12 bits per heavy atom. The highest BCUT2D eigenvalue weighted by Crippen LogP contribution is 2.46. The molecule has 2 aromatic heterocycles. The minimum atomic E-state index is -4.93. The zero-order valence-corrected chi connectivity index (χ0v) is 13.9. The largest absolute Gasteiger partial charge is 0.481 e. The number of rotatable bonds is 3. The molecule has 0 radical (unpaired) electrons. The van der Waals surface area contributed by atoms with Gasteiger partial charge in [-0.05, 0) is 17.9 Å². The van der Waals surface area contributed by atoms with E-state index in [1.165, 1.54) is 22.2 Å². The maximum Gasteiger partial charge on any atom is 0.406 e. The van der Waals surface area contributed by atoms with E-state index in [0.29, 0.717) is 10.6 Å². The van der Waals surface area contributed by atoms with Crippen LogP contribution in [-0.2, 0) is 11.8 Å². The van der Waals surface area contributed by atoms with E-state index in [-0.39, 0.29) is 12.1 Å². The quantitative estimate of drug-likeness (QED) is 0.898. The lowest BCUT2D eigenvalue weighted by Gasteiger charge is -2.27. The third-order valence-corrected chi connectivity index (χ3v) is 5.20. The molecule has 1 amide bonds. The standard InChI is InChI=1S/C15H14F3N3O3S/c1-20-7-9(11(19-20)10-3-2-6-25-10)12(22)21-5-4-14(8-21,13(23)24)15(16,17)18/h2-3,6-7H,4-5,8H2,1H3,(H,23,24). The number of thiophene rings is 1. The van der Waals surface area contributed by atoms with Gasteiger partial charge in [-0.1, -0.05) is 6.07 Å². The minimum Gasteiger partial charge on any atom is -0.481 e. The van der Waals surface area contributed by atoms with Crippen LogP contribution >= 0.6 is 11.3 Å². The molecule has 1 unspecified atom stereocenters. The Balaban J connectivity index is 1.93. The lowest BCUT2D eigenvalue weighted by Crippen LogP contribution is -2.47. The first-order valence-electron chi connectivity index (χ1n) is 7.32. The van der Waals surface area contributed by atoms with Crippen molar-refractivity contribution >= 4 is 23.2 Å². The highest BCUT2D eigenvalue weighted by molar-refractivity contribution is 7.13. The molecule has 0 aliphatic carbocycles. The predicted molar refractivity (Wildman–Crippen MR) is 83.2 cm³/mol. The van der Waals surface area contributed by atoms with Gasteiger partial charge in [0.1, 0.15) is 5.69 Å². The molecule has 1 fully saturated rings. The summed E-state index contributed by atoms with van der Waals surface area (Å²) in [7, 11) is 1.61. The first-order chi connectivity index (χ1) is 11.7. The van der Waals surface area contributed by atoms with Crippen molar-refractivity contribution in [1.29, 1.82) is 0 Å². The van der Waals surface area contributed by atoms with Crippen molar-refractivity contribution in [3.05, 3.63) is 29.3 Å². The molecular weight excluding hydrogens is 359 g/mol. The van der Waals surface area contributed by atoms with Gasteiger partial charge in [0, 0.05) is 26.3 Å². The van der Waals surface area contributed by atoms with Crippen molar-refractivity contribution in [3.63, 3.8) is 0 Å². The minimum absolute atomic E-state index is 0.160. The van der Waals surface area contributed by atoms with E-state index in [0.717, 1.165) is 4.90 Å². The molecule has 134 valence electrons. The maximum atomic E-state index is 13.3. The van der Waals surface area contributed by atoms with Crippen molar-refractivity contribution in [3.8, 4) is 10.6 Å². The van der Waals surface area contributed by atoms with Crippen molar-refractivity contribution in [2.45, 2.75) is 12.6 Å². The number of aliphatic carboxylic acids is 1. The van der Waals surface area contributed by atoms with Gasteiger partial charge >= 0.3 is 12.1 Å². The van der Waals surface area contributed by atoms with Gasteiger partial charge < -0.3 is 10.0 Å². The molecule has 25 heavy (non-hydrogen) atoms. The van der Waals surface area contributed by atoms with Gasteiger partial charge in [-0.15, -0.1) is 11.3 Å². The summed E-state index contributed by atoms with van der Waals surface area (Å²) < 4.78 is 41.2. The van der Waals surface area contributed by atoms with Gasteiger partial charge in [0.15, 0.2) is 5.41 Å². The summed E-state index contributed by atoms with van der Waals surface area (Å²) in [5, 5.41) is 15.1. The smallest absolute Gasteiger partial charge is 0.406 e. The van der Waals surface area contributed by atoms with Gasteiger partial charge in [0.05, 0.1) is 10.4 Å². The summed E-state index contributed by atoms with van der Waals surface area (Å²) in [6, 6.07) is 3.53. The monoisotopic (exact) mass is 373 g/mol. The van der Waals surface area contributed by atoms with Crippen LogP contribution in [0.25, 0.3) is 10.6 Å². The number of aromatic nitrogens is 2. The highest BCUT2D eigenvalue weighted by Gasteiger charge is 2.64. The molecule has 1 aliphatic rings. The third-order valence-electron chi connectivity index (χ3n) is 4.32. The van der Waals surface area contributed by atoms with Crippen LogP contribution in [-0.4, -0.2) is 50.9 Å². The summed E-state index contributed by atoms with van der Waals surface area (Å²) in [6.45, 7) is -1.17. The van der Waals surface area contributed by atoms with Crippen LogP contribution < -0.4 is 0 Å². The highest BCUT2D eigenvalue weighted by atomic mass is 32.1. The van der Waals surface area contributed by atoms with E-state index in [2.05, 4.69) is 5.10 Å². The molecule has 3 rings (SSSR count). The molecular formula is C15H14F3N3O3S. The first-order valence-corrected chi connectivity index (χ1v) is 8.20. The molecule has 3 heterocycles. The number of carboxylic acid groups (broad SMARTS) is 1. The van der Waals surface area contributed by atoms with E-state index in [1.54, 1.807) is 24.6 Å². The van der Waals surface area contributed by atoms with Gasteiger partial charge in [-0.25, -0.2) is 0 Å². The molecule has 0 bridgehead atoms. The van der Waals surface area contributed by atoms with E-state index in [1.807, 2.05) is 0 Å². The first kappa shape index (κ1) is 17.5. The molecule has 1 saturated heterocycles. The Labute approximate surface area is 144 Å². The molecule has 10 heteroatoms. The van der Waals surface area contributed by atoms with Crippen LogP contribution in [0.2, 0.25) is 0 Å². The Bertz CT molecular complexity index is 816. The van der Waals surface area contributed by atoms with Crippen LogP contribution in [0, 0.1) is 5.41 Å². The number of nitrogens with zero attached hydrogens (tertiary/aromatic N) is 3. The van der Waals surface area contributed by atoms with E-state index >= 15 is 0 Å². The van der Waals surface area contributed by atoms with Crippen molar-refractivity contribution < 1.29 is 27.9 Å². The molecule has 2 aromatic rings. The molecule has 1 atom stereocenters. The van der Waals surface area contributed by atoms with Gasteiger partial charge in [0.25, 0.3) is 5.91 Å². The Morgan fingerprint density at radius 3 is 2.64 bits per heavy atom. The fourth-order valence-electron chi connectivity index (χ4n) is 2.92. The SMILES string of the molecule is Cn1cc(C(=O)N2CCC(C(=O)O)(C(F)(F)F)C2)c(-c2cccs2)n1. The molecule has 0 spiro atoms. The second kappa shape index (κ2) is 5.87. The molecule has 0 saturated carbocycles. The number of hydrogen-bond donors (Lipinski definition) is 1. The lowest BCUT2D eigenvalue weighted by atomic mass is 9.86. The fraction of sp³-hybridized carbons (Fsp3) is 0.400. The van der Waals surface area contributed by atoms with Crippen LogP contribution in [0.4, 0.5) is 13.2 Å². The number of carbonyl (C=O) groups is 2. The zero-order chi connectivity index (χ0) is 18.4. The number of likely N-dealkylation sites (tertiary alicyclic amines) is 1. The number of carbonyl (C=O) groups excluding carboxylic acids is 1. The second-order valence-corrected chi connectivity index (χ2v) is 6.85. The number of hydrogen-bond acceptors (Lipinski definition) is 4. The number of amides is 1. The van der Waals surface area contributed by atoms with Crippen LogP contribution in [0.1, 0.15) is 16.8 Å². The van der Waals surface area contributed by atoms with E-state index in [4.69, 9.17) is 5.11 Å². The Kier molecular flexibility index (Phi) is 4.10. The number of halogens is 3. The Hall–Kier alpha value is -2.36. The predicted octanol–water partition coefficient (Wildman–Crippen LogP) is 2.63. The van der Waals surface area contributed by atoms with Crippen LogP contribution in [0.3, 0.4) is 0 Å². The summed E-state index contributed by atoms with van der Waals surface area (Å²) in [4.78, 5) is 25.6. The topological polar surface area (TPSA) is 75.4 Å². The molecule has 6 nitrogen and oxygen atoms in total. The lowest BCUT2D eigenvalue weighted by molar-refractivity contribution is -0.227. The van der Waals surface area contributed by atoms with E-state index < -0.39 is 36.4 Å². The summed E-state index contributed by atoms with van der Waals surface area (Å²) >= 11 is 1.35. The summed E-state index contributed by atoms with van der Waals surface area (Å²) in [5.74, 6) is -2.61. The van der Waals surface area contributed by atoms with Crippen LogP contribution in [0.5, 0.6) is 0 Å². The number of alkyl halides is 3. The molecule has 1 aliphatic heterocycles. The maximum absolute atomic E-state index is 13.3. The number of carboxylic acids is 1. The zero-order valence-electron chi connectivity index (χ0n) is 13.1. The van der Waals surface area contributed by atoms with Crippen molar-refractivity contribution in [2.75, 3.05) is 13.1 Å². The molecule has 1 N–H and O–H groups in total. The average molecular weight is 373 g/mol. The third kappa shape index (κ3) is 2.80. The van der Waals surface area contributed by atoms with Gasteiger partial charge in [-0.2, -0.15) is 18.3 Å². The van der Waals surface area contributed by atoms with Crippen LogP contribution in [0.15, 0.2) is 23.7 Å². The summed E-state index contributed by atoms with van der Waals surface area (Å²) in [6.07, 6.45) is -4.16. The van der Waals surface area contributed by atoms with E-state index in [9.17, 15) is 22.8 Å². The number of aryl methyl sites for hydroxylation is 1. The second-order valence-electron chi connectivity index (χ2n) is 5.90. The van der Waals surface area contributed by atoms with Gasteiger partial charge in [-0.3, -0.25) is 14.3 Å². The Morgan fingerprint density at radius 1 is 1.40 bits per heavy atom. The average Bonchev–Trinajstić information content (AvgIpc) is 3.24.